The predicted molar refractivity (Wildman–Crippen MR) is 200 cm³/mol. The van der Waals surface area contributed by atoms with Crippen molar-refractivity contribution in [3.8, 4) is 0 Å². The van der Waals surface area contributed by atoms with Gasteiger partial charge in [0.25, 0.3) is 0 Å². The van der Waals surface area contributed by atoms with Crippen LogP contribution in [0, 0.1) is 23.7 Å². The van der Waals surface area contributed by atoms with Gasteiger partial charge in [0.15, 0.2) is 0 Å². The summed E-state index contributed by atoms with van der Waals surface area (Å²) in [5, 5.41) is 0. The molecule has 6 aliphatic carbocycles. The van der Waals surface area contributed by atoms with E-state index in [1.54, 1.807) is 24.0 Å². The summed E-state index contributed by atoms with van der Waals surface area (Å²) in [7, 11) is 0. The van der Waals surface area contributed by atoms with E-state index in [2.05, 4.69) is 149 Å². The summed E-state index contributed by atoms with van der Waals surface area (Å²) >= 11 is -3.07. The van der Waals surface area contributed by atoms with Gasteiger partial charge in [0, 0.05) is 0 Å². The molecule has 0 N–H and O–H groups in total. The number of hydrogen-bond donors (Lipinski definition) is 0. The van der Waals surface area contributed by atoms with Crippen LogP contribution in [-0.2, 0) is 41.8 Å². The predicted octanol–water partition coefficient (Wildman–Crippen LogP) is 11.4. The van der Waals surface area contributed by atoms with E-state index >= 15 is 0 Å². The average Bonchev–Trinajstić information content (AvgIpc) is 3.83. The summed E-state index contributed by atoms with van der Waals surface area (Å²) in [6, 6.07) is 18.1. The van der Waals surface area contributed by atoms with Gasteiger partial charge >= 0.3 is 300 Å². The van der Waals surface area contributed by atoms with E-state index < -0.39 is 53.7 Å². The van der Waals surface area contributed by atoms with Gasteiger partial charge in [-0.15, -0.1) is 0 Å². The molecule has 0 bridgehead atoms. The van der Waals surface area contributed by atoms with Gasteiger partial charge in [0.1, 0.15) is 0 Å². The van der Waals surface area contributed by atoms with Crippen LogP contribution in [0.2, 0.25) is 33.4 Å². The molecule has 0 heterocycles. The molecule has 8 atom stereocenters. The second kappa shape index (κ2) is 14.5. The Hall–Kier alpha value is -0.920. The molecule has 2 fully saturated rings. The molecule has 0 aromatic heterocycles. The minimum atomic E-state index is -1.75. The van der Waals surface area contributed by atoms with Gasteiger partial charge in [0.2, 0.25) is 0 Å². The SMILES string of the molecule is CC1[C]([Zr]([C]2=Cc3ccccc3C2C)[SiH](C)C)=Cc2ccccc21.C[SiH](C)[Zr]([CH]1CCC2C=CC=CC21)[CH]1CCC2C=CC=CC21. The monoisotopic (exact) mass is 794 g/mol. The Morgan fingerprint density at radius 3 is 1.39 bits per heavy atom. The zero-order valence-corrected chi connectivity index (χ0v) is 36.2. The van der Waals surface area contributed by atoms with E-state index in [1.165, 1.54) is 31.2 Å². The van der Waals surface area contributed by atoms with Gasteiger partial charge in [-0.3, -0.25) is 0 Å². The Kier molecular flexibility index (Phi) is 10.6. The Labute approximate surface area is 297 Å². The third kappa shape index (κ3) is 6.41. The summed E-state index contributed by atoms with van der Waals surface area (Å²) in [5.74, 6) is 3.85. The first-order valence-electron chi connectivity index (χ1n) is 18.4. The van der Waals surface area contributed by atoms with Crippen LogP contribution in [0.5, 0.6) is 0 Å². The van der Waals surface area contributed by atoms with E-state index in [0.29, 0.717) is 11.8 Å². The first-order chi connectivity index (χ1) is 22.3. The third-order valence-corrected chi connectivity index (χ3v) is 55.6. The first kappa shape index (κ1) is 33.6. The van der Waals surface area contributed by atoms with Crippen LogP contribution in [0.4, 0.5) is 0 Å². The molecule has 46 heavy (non-hydrogen) atoms. The number of benzene rings is 2. The molecule has 8 unspecified atom stereocenters. The van der Waals surface area contributed by atoms with Crippen molar-refractivity contribution in [2.75, 3.05) is 0 Å². The van der Waals surface area contributed by atoms with Crippen molar-refractivity contribution in [2.45, 2.75) is 84.8 Å². The molecule has 6 aliphatic rings. The third-order valence-electron chi connectivity index (χ3n) is 12.3. The Balaban J connectivity index is 0.000000147. The van der Waals surface area contributed by atoms with Crippen molar-refractivity contribution in [1.29, 1.82) is 0 Å². The molecule has 2 aromatic carbocycles. The normalized spacial score (nSPS) is 31.2. The number of allylic oxidation sites excluding steroid dienone is 10. The summed E-state index contributed by atoms with van der Waals surface area (Å²) in [4.78, 5) is 0. The van der Waals surface area contributed by atoms with Gasteiger partial charge in [-0.05, 0) is 0 Å². The summed E-state index contributed by atoms with van der Waals surface area (Å²) < 4.78 is 6.05. The fourth-order valence-corrected chi connectivity index (χ4v) is 57.5. The molecular weight excluding hydrogens is 743 g/mol. The van der Waals surface area contributed by atoms with Crippen LogP contribution in [0.1, 0.15) is 73.6 Å². The van der Waals surface area contributed by atoms with Crippen LogP contribution < -0.4 is 0 Å². The van der Waals surface area contributed by atoms with Crippen molar-refractivity contribution in [3.05, 3.63) is 126 Å². The summed E-state index contributed by atoms with van der Waals surface area (Å²) in [5.41, 5.74) is 6.08. The molecule has 0 radical (unpaired) electrons. The van der Waals surface area contributed by atoms with Gasteiger partial charge in [-0.25, -0.2) is 0 Å². The zero-order chi connectivity index (χ0) is 31.9. The Morgan fingerprint density at radius 1 is 0.543 bits per heavy atom. The number of fused-ring (bicyclic) bond motifs is 4. The topological polar surface area (TPSA) is 0 Å². The molecule has 0 saturated heterocycles. The van der Waals surface area contributed by atoms with E-state index in [1.807, 2.05) is 6.56 Å². The second-order valence-electron chi connectivity index (χ2n) is 15.5. The first-order valence-corrected chi connectivity index (χ1v) is 38.0. The second-order valence-corrected chi connectivity index (χ2v) is 55.5. The number of rotatable bonds is 6. The van der Waals surface area contributed by atoms with E-state index in [-0.39, 0.29) is 0 Å². The van der Waals surface area contributed by atoms with Gasteiger partial charge < -0.3 is 0 Å². The van der Waals surface area contributed by atoms with E-state index in [0.717, 1.165) is 23.7 Å². The van der Waals surface area contributed by atoms with Gasteiger partial charge in [-0.1, -0.05) is 0 Å². The van der Waals surface area contributed by atoms with Crippen molar-refractivity contribution in [3.63, 3.8) is 0 Å². The maximum absolute atomic E-state index is 2.71. The van der Waals surface area contributed by atoms with Crippen molar-refractivity contribution < 1.29 is 41.8 Å². The maximum atomic E-state index is 2.71. The molecule has 0 aliphatic heterocycles. The minimum absolute atomic E-state index is 0.444. The van der Waals surface area contributed by atoms with Gasteiger partial charge in [0.05, 0.1) is 0 Å². The molecule has 4 heteroatoms. The molecule has 238 valence electrons. The van der Waals surface area contributed by atoms with Gasteiger partial charge in [-0.2, -0.15) is 0 Å². The van der Waals surface area contributed by atoms with Crippen LogP contribution in [0.3, 0.4) is 0 Å². The molecular formula is C42H54Si2Zr2. The quantitative estimate of drug-likeness (QED) is 0.256. The van der Waals surface area contributed by atoms with Crippen LogP contribution in [0.15, 0.2) is 104 Å². The van der Waals surface area contributed by atoms with Crippen molar-refractivity contribution >= 4 is 24.0 Å². The number of hydrogen-bond acceptors (Lipinski definition) is 0. The Morgan fingerprint density at radius 2 is 0.978 bits per heavy atom. The molecule has 2 aromatic rings. The molecule has 0 spiro atoms. The fraction of sp³-hybridized carbons (Fsp3) is 0.429. The van der Waals surface area contributed by atoms with Crippen LogP contribution >= 0.6 is 0 Å². The van der Waals surface area contributed by atoms with Crippen molar-refractivity contribution in [1.82, 2.24) is 0 Å². The van der Waals surface area contributed by atoms with Crippen molar-refractivity contribution in [2.24, 2.45) is 23.7 Å². The standard InChI is InChI=1S/2C10H9.2C9H11.2C2H7Si.2Zr/c2*1-8-6-7-9-4-2-3-5-10(8)9;2*1-2-5-9-7-3-6-8(9)4-1;2*1-3-2;;/h2*2-5,7-8H,1H3;2*1-2,4-6,8-9H,3,7H2;2*3H,1-2H3;;. The Bertz CT molecular complexity index is 1500. The van der Waals surface area contributed by atoms with E-state index in [4.69, 9.17) is 0 Å². The van der Waals surface area contributed by atoms with Crippen LogP contribution in [-0.4, -0.2) is 11.8 Å². The molecule has 0 amide bonds. The molecule has 2 saturated carbocycles. The van der Waals surface area contributed by atoms with Crippen LogP contribution in [0.25, 0.3) is 12.2 Å². The fourth-order valence-electron chi connectivity index (χ4n) is 10.3. The zero-order valence-electron chi connectivity index (χ0n) is 29.0. The molecule has 8 rings (SSSR count). The summed E-state index contributed by atoms with van der Waals surface area (Å²) in [6.45, 7) is 15.5. The average molecular weight is 798 g/mol. The summed E-state index contributed by atoms with van der Waals surface area (Å²) in [6.07, 6.45) is 30.8. The molecule has 0 nitrogen and oxygen atoms in total. The van der Waals surface area contributed by atoms with E-state index in [9.17, 15) is 0 Å².